The minimum absolute atomic E-state index is 0.0976. The predicted octanol–water partition coefficient (Wildman–Crippen LogP) is -1.30. The Morgan fingerprint density at radius 1 is 1.60 bits per heavy atom. The summed E-state index contributed by atoms with van der Waals surface area (Å²) in [6, 6.07) is -0.611. The third-order valence-electron chi connectivity index (χ3n) is 2.48. The molecule has 1 saturated heterocycles. The highest BCUT2D eigenvalue weighted by atomic mass is 16.3. The number of nitrogens with zero attached hydrogens (tertiary/aromatic N) is 4. The molecule has 0 saturated carbocycles. The monoisotopic (exact) mass is 210 g/mol. The van der Waals surface area contributed by atoms with E-state index < -0.39 is 6.04 Å². The molecular formula is C8H10N4O3. The fourth-order valence-corrected chi connectivity index (χ4v) is 1.59. The molecule has 2 heterocycles. The summed E-state index contributed by atoms with van der Waals surface area (Å²) in [5.74, 6) is -0.242. The number of rotatable bonds is 2. The van der Waals surface area contributed by atoms with Crippen LogP contribution in [0.25, 0.3) is 0 Å². The highest BCUT2D eigenvalue weighted by Crippen LogP contribution is 2.23. The molecule has 1 aliphatic rings. The van der Waals surface area contributed by atoms with Gasteiger partial charge in [-0.15, -0.1) is 10.2 Å². The van der Waals surface area contributed by atoms with Gasteiger partial charge in [-0.2, -0.15) is 0 Å². The zero-order chi connectivity index (χ0) is 11.0. The summed E-state index contributed by atoms with van der Waals surface area (Å²) in [4.78, 5) is 24.0. The number of likely N-dealkylation sites (N-methyl/N-ethyl adjacent to an activating group) is 1. The van der Waals surface area contributed by atoms with Gasteiger partial charge in [0.2, 0.25) is 5.91 Å². The average Bonchev–Trinajstić information content (AvgIpc) is 2.78. The summed E-state index contributed by atoms with van der Waals surface area (Å²) < 4.78 is 1.43. The van der Waals surface area contributed by atoms with Crippen molar-refractivity contribution >= 4 is 11.8 Å². The Bertz CT molecular complexity index is 414. The van der Waals surface area contributed by atoms with Gasteiger partial charge < -0.3 is 9.67 Å². The molecule has 2 rings (SSSR count). The summed E-state index contributed by atoms with van der Waals surface area (Å²) in [6.45, 7) is -0.304. The first-order chi connectivity index (χ1) is 7.15. The van der Waals surface area contributed by atoms with Crippen molar-refractivity contribution in [2.75, 3.05) is 7.05 Å². The third kappa shape index (κ3) is 1.40. The maximum absolute atomic E-state index is 11.6. The number of likely N-dealkylation sites (tertiary alicyclic amines) is 1. The minimum atomic E-state index is -0.611. The molecule has 15 heavy (non-hydrogen) atoms. The van der Waals surface area contributed by atoms with Crippen molar-refractivity contribution in [2.45, 2.75) is 19.1 Å². The van der Waals surface area contributed by atoms with Crippen LogP contribution >= 0.6 is 0 Å². The Morgan fingerprint density at radius 2 is 2.33 bits per heavy atom. The highest BCUT2D eigenvalue weighted by molar-refractivity contribution is 6.04. The van der Waals surface area contributed by atoms with E-state index in [1.54, 1.807) is 0 Å². The van der Waals surface area contributed by atoms with Crippen molar-refractivity contribution in [1.82, 2.24) is 19.7 Å². The van der Waals surface area contributed by atoms with Crippen LogP contribution in [0.3, 0.4) is 0 Å². The van der Waals surface area contributed by atoms with E-state index in [0.717, 1.165) is 4.90 Å². The topological polar surface area (TPSA) is 88.3 Å². The molecule has 2 amide bonds. The molecule has 7 heteroatoms. The second-order valence-corrected chi connectivity index (χ2v) is 3.32. The van der Waals surface area contributed by atoms with Crippen LogP contribution in [0.5, 0.6) is 0 Å². The van der Waals surface area contributed by atoms with E-state index in [2.05, 4.69) is 10.2 Å². The van der Waals surface area contributed by atoms with Gasteiger partial charge in [0, 0.05) is 7.05 Å². The van der Waals surface area contributed by atoms with Crippen molar-refractivity contribution in [2.24, 2.45) is 0 Å². The first kappa shape index (κ1) is 9.78. The van der Waals surface area contributed by atoms with Gasteiger partial charge in [-0.1, -0.05) is 0 Å². The first-order valence-corrected chi connectivity index (χ1v) is 4.44. The molecule has 0 radical (unpaired) electrons. The molecule has 1 aromatic heterocycles. The normalized spacial score (nSPS) is 21.5. The van der Waals surface area contributed by atoms with E-state index >= 15 is 0 Å². The molecule has 1 unspecified atom stereocenters. The molecular weight excluding hydrogens is 200 g/mol. The molecule has 1 fully saturated rings. The van der Waals surface area contributed by atoms with Gasteiger partial charge >= 0.3 is 0 Å². The van der Waals surface area contributed by atoms with Gasteiger partial charge in [-0.05, 0) is 0 Å². The number of carbonyl (C=O) groups is 2. The number of aromatic nitrogens is 3. The lowest BCUT2D eigenvalue weighted by molar-refractivity contribution is -0.137. The summed E-state index contributed by atoms with van der Waals surface area (Å²) in [7, 11) is 1.44. The van der Waals surface area contributed by atoms with Crippen LogP contribution in [0.15, 0.2) is 6.33 Å². The van der Waals surface area contributed by atoms with E-state index in [4.69, 9.17) is 5.11 Å². The number of amides is 2. The number of carbonyl (C=O) groups excluding carboxylic acids is 2. The van der Waals surface area contributed by atoms with E-state index in [9.17, 15) is 9.59 Å². The van der Waals surface area contributed by atoms with Crippen LogP contribution in [-0.4, -0.2) is 43.6 Å². The van der Waals surface area contributed by atoms with Gasteiger partial charge in [0.15, 0.2) is 5.82 Å². The van der Waals surface area contributed by atoms with Crippen LogP contribution in [0.2, 0.25) is 0 Å². The van der Waals surface area contributed by atoms with Crippen molar-refractivity contribution in [3.63, 3.8) is 0 Å². The molecule has 0 spiro atoms. The van der Waals surface area contributed by atoms with Crippen molar-refractivity contribution in [3.8, 4) is 0 Å². The molecule has 7 nitrogen and oxygen atoms in total. The second kappa shape index (κ2) is 3.43. The van der Waals surface area contributed by atoms with E-state index in [0.29, 0.717) is 0 Å². The largest absolute Gasteiger partial charge is 0.388 e. The number of imide groups is 1. The average molecular weight is 210 g/mol. The maximum Gasteiger partial charge on any atom is 0.252 e. The molecule has 0 aromatic carbocycles. The zero-order valence-corrected chi connectivity index (χ0v) is 8.12. The van der Waals surface area contributed by atoms with Gasteiger partial charge in [-0.3, -0.25) is 14.5 Å². The number of aliphatic hydroxyl groups is 1. The molecule has 1 atom stereocenters. The summed E-state index contributed by atoms with van der Waals surface area (Å²) in [5, 5.41) is 16.2. The summed E-state index contributed by atoms with van der Waals surface area (Å²) in [6.07, 6.45) is 1.45. The van der Waals surface area contributed by atoms with Crippen LogP contribution in [0.1, 0.15) is 18.3 Å². The first-order valence-electron chi connectivity index (χ1n) is 4.44. The lowest BCUT2D eigenvalue weighted by Crippen LogP contribution is -2.27. The van der Waals surface area contributed by atoms with Crippen LogP contribution in [0, 0.1) is 0 Å². The van der Waals surface area contributed by atoms with Crippen molar-refractivity contribution in [1.29, 1.82) is 0 Å². The third-order valence-corrected chi connectivity index (χ3v) is 2.48. The van der Waals surface area contributed by atoms with Gasteiger partial charge in [0.1, 0.15) is 19.0 Å². The quantitative estimate of drug-likeness (QED) is 0.613. The minimum Gasteiger partial charge on any atom is -0.388 e. The Kier molecular flexibility index (Phi) is 2.24. The maximum atomic E-state index is 11.6. The van der Waals surface area contributed by atoms with Crippen LogP contribution in [-0.2, 0) is 16.2 Å². The molecule has 0 bridgehead atoms. The second-order valence-electron chi connectivity index (χ2n) is 3.32. The lowest BCUT2D eigenvalue weighted by atomic mass is 10.2. The summed E-state index contributed by atoms with van der Waals surface area (Å²) >= 11 is 0. The zero-order valence-electron chi connectivity index (χ0n) is 8.12. The van der Waals surface area contributed by atoms with Gasteiger partial charge in [0.25, 0.3) is 5.91 Å². The Hall–Kier alpha value is -1.76. The highest BCUT2D eigenvalue weighted by Gasteiger charge is 2.38. The molecule has 0 aliphatic carbocycles. The number of hydrogen-bond acceptors (Lipinski definition) is 5. The SMILES string of the molecule is CN1C(=O)CC(n2cnnc2CO)C1=O. The van der Waals surface area contributed by atoms with Crippen molar-refractivity contribution < 1.29 is 14.7 Å². The standard InChI is InChI=1S/C8H10N4O3/c1-11-7(14)2-5(8(11)15)12-4-9-10-6(12)3-13/h4-5,13H,2-3H2,1H3. The fraction of sp³-hybridized carbons (Fsp3) is 0.500. The molecule has 80 valence electrons. The Morgan fingerprint density at radius 3 is 2.87 bits per heavy atom. The van der Waals surface area contributed by atoms with Gasteiger partial charge in [-0.25, -0.2) is 0 Å². The van der Waals surface area contributed by atoms with Gasteiger partial charge in [0.05, 0.1) is 6.42 Å². The molecule has 1 N–H and O–H groups in total. The smallest absolute Gasteiger partial charge is 0.252 e. The predicted molar refractivity (Wildman–Crippen MR) is 47.4 cm³/mol. The Labute approximate surface area is 85.3 Å². The van der Waals surface area contributed by atoms with E-state index in [-0.39, 0.29) is 30.7 Å². The van der Waals surface area contributed by atoms with Crippen LogP contribution < -0.4 is 0 Å². The molecule has 1 aromatic rings. The van der Waals surface area contributed by atoms with E-state index in [1.807, 2.05) is 0 Å². The lowest BCUT2D eigenvalue weighted by Gasteiger charge is -2.11. The van der Waals surface area contributed by atoms with Crippen LogP contribution in [0.4, 0.5) is 0 Å². The number of hydrogen-bond donors (Lipinski definition) is 1. The number of aliphatic hydroxyl groups excluding tert-OH is 1. The Balaban J connectivity index is 2.33. The van der Waals surface area contributed by atoms with E-state index in [1.165, 1.54) is 17.9 Å². The fourth-order valence-electron chi connectivity index (χ4n) is 1.59. The van der Waals surface area contributed by atoms with Crippen molar-refractivity contribution in [3.05, 3.63) is 12.2 Å². The summed E-state index contributed by atoms with van der Waals surface area (Å²) in [5.41, 5.74) is 0. The molecule has 1 aliphatic heterocycles.